The molecule has 0 unspecified atom stereocenters. The Morgan fingerprint density at radius 1 is 0.857 bits per heavy atom. The number of hydrogen-bond donors (Lipinski definition) is 2. The molecule has 0 saturated carbocycles. The molecule has 28 heavy (non-hydrogen) atoms. The van der Waals surface area contributed by atoms with Crippen LogP contribution >= 0.6 is 0 Å². The van der Waals surface area contributed by atoms with Gasteiger partial charge in [0.25, 0.3) is 10.0 Å². The minimum Gasteiger partial charge on any atom is -0.324 e. The topological polar surface area (TPSA) is 74.8 Å². The zero-order valence-electron chi connectivity index (χ0n) is 14.6. The molecule has 5 nitrogen and oxygen atoms in total. The van der Waals surface area contributed by atoms with Gasteiger partial charge in [0.2, 0.25) is 0 Å². The fraction of sp³-hybridized carbons (Fsp3) is 0. The number of nitrogens with one attached hydrogen (secondary N) is 2. The van der Waals surface area contributed by atoms with Gasteiger partial charge in [-0.3, -0.25) is 4.72 Å². The molecular weight excluding hydrogens is 377 g/mol. The van der Waals surface area contributed by atoms with Crippen molar-refractivity contribution in [3.8, 4) is 22.5 Å². The van der Waals surface area contributed by atoms with E-state index in [-0.39, 0.29) is 22.1 Å². The lowest BCUT2D eigenvalue weighted by molar-refractivity contribution is 0.601. The Balaban J connectivity index is 1.65. The fourth-order valence-corrected chi connectivity index (χ4v) is 3.86. The molecule has 3 aromatic carbocycles. The first-order valence-corrected chi connectivity index (χ1v) is 9.99. The lowest BCUT2D eigenvalue weighted by Crippen LogP contribution is -2.12. The first-order chi connectivity index (χ1) is 13.5. The Morgan fingerprint density at radius 2 is 1.54 bits per heavy atom. The van der Waals surface area contributed by atoms with Crippen molar-refractivity contribution in [2.75, 3.05) is 4.72 Å². The summed E-state index contributed by atoms with van der Waals surface area (Å²) in [5.74, 6) is -0.0593. The average molecular weight is 393 g/mol. The van der Waals surface area contributed by atoms with Gasteiger partial charge in [-0.2, -0.15) is 0 Å². The van der Waals surface area contributed by atoms with Gasteiger partial charge in [0, 0.05) is 0 Å². The highest BCUT2D eigenvalue weighted by Crippen LogP contribution is 2.28. The standard InChI is InChI=1S/C21H16FN3O2S/c22-19-12-11-16(15-7-3-1-4-8-15)13-18(19)21-23-14-20(24-21)25-28(26,27)17-9-5-2-6-10-17/h1-14,25H,(H,23,24). The van der Waals surface area contributed by atoms with Crippen molar-refractivity contribution >= 4 is 15.8 Å². The van der Waals surface area contributed by atoms with Crippen molar-refractivity contribution in [3.63, 3.8) is 0 Å². The zero-order valence-corrected chi connectivity index (χ0v) is 15.4. The number of aromatic amines is 1. The second kappa shape index (κ2) is 7.28. The quantitative estimate of drug-likeness (QED) is 0.517. The molecule has 1 heterocycles. The molecule has 0 saturated heterocycles. The fourth-order valence-electron chi connectivity index (χ4n) is 2.83. The summed E-state index contributed by atoms with van der Waals surface area (Å²) in [6.45, 7) is 0. The van der Waals surface area contributed by atoms with Crippen LogP contribution in [0.1, 0.15) is 0 Å². The van der Waals surface area contributed by atoms with Gasteiger partial charge in [-0.1, -0.05) is 54.6 Å². The summed E-state index contributed by atoms with van der Waals surface area (Å²) in [5.41, 5.74) is 2.03. The van der Waals surface area contributed by atoms with Crippen molar-refractivity contribution in [2.45, 2.75) is 4.90 Å². The van der Waals surface area contributed by atoms with Crippen molar-refractivity contribution < 1.29 is 12.8 Å². The van der Waals surface area contributed by atoms with Crippen LogP contribution in [-0.4, -0.2) is 18.4 Å². The number of sulfonamides is 1. The van der Waals surface area contributed by atoms with Gasteiger partial charge in [-0.25, -0.2) is 17.8 Å². The summed E-state index contributed by atoms with van der Waals surface area (Å²) in [6.07, 6.45) is 1.32. The van der Waals surface area contributed by atoms with Crippen molar-refractivity contribution in [2.24, 2.45) is 0 Å². The van der Waals surface area contributed by atoms with Crippen molar-refractivity contribution in [1.29, 1.82) is 0 Å². The second-order valence-electron chi connectivity index (χ2n) is 6.12. The van der Waals surface area contributed by atoms with Gasteiger partial charge < -0.3 is 4.98 Å². The predicted octanol–water partition coefficient (Wildman–Crippen LogP) is 4.68. The van der Waals surface area contributed by atoms with E-state index in [1.807, 2.05) is 30.3 Å². The Labute approximate surface area is 162 Å². The summed E-state index contributed by atoms with van der Waals surface area (Å²) >= 11 is 0. The second-order valence-corrected chi connectivity index (χ2v) is 7.81. The molecule has 0 atom stereocenters. The number of hydrogen-bond acceptors (Lipinski definition) is 3. The van der Waals surface area contributed by atoms with Gasteiger partial charge in [0.15, 0.2) is 0 Å². The summed E-state index contributed by atoms with van der Waals surface area (Å²) in [4.78, 5) is 7.10. The molecule has 0 aliphatic heterocycles. The van der Waals surface area contributed by atoms with Crippen LogP contribution in [0.15, 0.2) is 90.0 Å². The smallest absolute Gasteiger partial charge is 0.263 e. The van der Waals surface area contributed by atoms with E-state index in [1.165, 1.54) is 24.4 Å². The van der Waals surface area contributed by atoms with Crippen LogP contribution in [0.4, 0.5) is 10.2 Å². The number of rotatable bonds is 5. The summed E-state index contributed by atoms with van der Waals surface area (Å²) in [5, 5.41) is 0. The molecule has 0 fully saturated rings. The Morgan fingerprint density at radius 3 is 2.25 bits per heavy atom. The van der Waals surface area contributed by atoms with Crippen LogP contribution in [0.3, 0.4) is 0 Å². The third-order valence-electron chi connectivity index (χ3n) is 4.20. The summed E-state index contributed by atoms with van der Waals surface area (Å²) in [6, 6.07) is 22.3. The molecule has 0 aliphatic carbocycles. The van der Waals surface area contributed by atoms with E-state index >= 15 is 0 Å². The van der Waals surface area contributed by atoms with Crippen molar-refractivity contribution in [3.05, 3.63) is 90.9 Å². The molecule has 1 aromatic heterocycles. The van der Waals surface area contributed by atoms with Gasteiger partial charge in [-0.15, -0.1) is 0 Å². The predicted molar refractivity (Wildman–Crippen MR) is 107 cm³/mol. The Bertz CT molecular complexity index is 1210. The molecule has 0 spiro atoms. The van der Waals surface area contributed by atoms with E-state index in [1.54, 1.807) is 30.3 Å². The van der Waals surface area contributed by atoms with Gasteiger partial charge in [0.1, 0.15) is 17.5 Å². The normalized spacial score (nSPS) is 11.3. The maximum absolute atomic E-state index is 14.4. The number of benzene rings is 3. The molecule has 4 rings (SSSR count). The van der Waals surface area contributed by atoms with Gasteiger partial charge >= 0.3 is 0 Å². The third kappa shape index (κ3) is 3.65. The Hall–Kier alpha value is -3.45. The molecule has 140 valence electrons. The van der Waals surface area contributed by atoms with E-state index in [4.69, 9.17) is 0 Å². The summed E-state index contributed by atoms with van der Waals surface area (Å²) in [7, 11) is -3.76. The molecule has 2 N–H and O–H groups in total. The minimum absolute atomic E-state index is 0.128. The molecule has 0 aliphatic rings. The molecular formula is C21H16FN3O2S. The molecule has 0 radical (unpaired) electrons. The van der Waals surface area contributed by atoms with E-state index in [0.29, 0.717) is 0 Å². The number of anilines is 1. The zero-order chi connectivity index (χ0) is 19.6. The van der Waals surface area contributed by atoms with Crippen molar-refractivity contribution in [1.82, 2.24) is 9.97 Å². The van der Waals surface area contributed by atoms with Crippen LogP contribution in [0.25, 0.3) is 22.5 Å². The van der Waals surface area contributed by atoms with E-state index < -0.39 is 15.8 Å². The number of aromatic nitrogens is 2. The maximum atomic E-state index is 14.4. The largest absolute Gasteiger partial charge is 0.324 e. The monoisotopic (exact) mass is 393 g/mol. The SMILES string of the molecule is O=S(=O)(Nc1cnc(-c2cc(-c3ccccc3)ccc2F)[nH]1)c1ccccc1. The first kappa shape index (κ1) is 17.9. The average Bonchev–Trinajstić information content (AvgIpc) is 3.17. The lowest BCUT2D eigenvalue weighted by Gasteiger charge is -2.06. The highest BCUT2D eigenvalue weighted by molar-refractivity contribution is 7.92. The minimum atomic E-state index is -3.76. The summed E-state index contributed by atoms with van der Waals surface area (Å²) < 4.78 is 41.6. The van der Waals surface area contributed by atoms with Crippen LogP contribution in [0.5, 0.6) is 0 Å². The number of halogens is 1. The van der Waals surface area contributed by atoms with E-state index in [2.05, 4.69) is 14.7 Å². The van der Waals surface area contributed by atoms with Gasteiger partial charge in [-0.05, 0) is 35.4 Å². The van der Waals surface area contributed by atoms with Crippen LogP contribution in [0, 0.1) is 5.82 Å². The third-order valence-corrected chi connectivity index (χ3v) is 5.58. The number of nitrogens with zero attached hydrogens (tertiary/aromatic N) is 1. The highest BCUT2D eigenvalue weighted by Gasteiger charge is 2.16. The van der Waals surface area contributed by atoms with Gasteiger partial charge in [0.05, 0.1) is 16.7 Å². The van der Waals surface area contributed by atoms with E-state index in [0.717, 1.165) is 11.1 Å². The number of imidazole rings is 1. The van der Waals surface area contributed by atoms with Crippen LogP contribution in [-0.2, 0) is 10.0 Å². The number of H-pyrrole nitrogens is 1. The molecule has 4 aromatic rings. The first-order valence-electron chi connectivity index (χ1n) is 8.51. The van der Waals surface area contributed by atoms with E-state index in [9.17, 15) is 12.8 Å². The molecule has 7 heteroatoms. The lowest BCUT2D eigenvalue weighted by atomic mass is 10.0. The maximum Gasteiger partial charge on any atom is 0.263 e. The van der Waals surface area contributed by atoms with Crippen LogP contribution in [0.2, 0.25) is 0 Å². The van der Waals surface area contributed by atoms with Crippen LogP contribution < -0.4 is 4.72 Å². The highest BCUT2D eigenvalue weighted by atomic mass is 32.2. The molecule has 0 bridgehead atoms. The Kier molecular flexibility index (Phi) is 4.67. The molecule has 0 amide bonds.